The zero-order valence-corrected chi connectivity index (χ0v) is 10.2. The zero-order valence-electron chi connectivity index (χ0n) is 9.38. The third-order valence-electron chi connectivity index (χ3n) is 3.94. The average molecular weight is 221 g/mol. The fourth-order valence-electron chi connectivity index (χ4n) is 3.36. The fraction of sp³-hybridized carbons (Fsp3) is 0.692. The van der Waals surface area contributed by atoms with Crippen LogP contribution in [0.15, 0.2) is 11.4 Å². The first-order valence-corrected chi connectivity index (χ1v) is 7.03. The minimum Gasteiger partial charge on any atom is -0.304 e. The second-order valence-corrected chi connectivity index (χ2v) is 6.08. The molecule has 1 atom stereocenters. The molecule has 3 rings (SSSR count). The summed E-state index contributed by atoms with van der Waals surface area (Å²) in [6, 6.07) is 3.00. The Kier molecular flexibility index (Phi) is 2.37. The molecule has 1 saturated carbocycles. The largest absolute Gasteiger partial charge is 0.304 e. The first-order valence-electron chi connectivity index (χ1n) is 6.15. The van der Waals surface area contributed by atoms with Crippen LogP contribution < -0.4 is 5.32 Å². The lowest BCUT2D eigenvalue weighted by Gasteiger charge is -2.44. The van der Waals surface area contributed by atoms with Crippen LogP contribution in [0.3, 0.4) is 0 Å². The van der Waals surface area contributed by atoms with Crippen LogP contribution in [0.5, 0.6) is 0 Å². The maximum absolute atomic E-state index is 3.88. The van der Waals surface area contributed by atoms with Gasteiger partial charge < -0.3 is 5.32 Å². The van der Waals surface area contributed by atoms with E-state index >= 15 is 0 Å². The summed E-state index contributed by atoms with van der Waals surface area (Å²) in [7, 11) is 0. The predicted molar refractivity (Wildman–Crippen MR) is 65.4 cm³/mol. The number of hydrogen-bond donors (Lipinski definition) is 1. The molecule has 1 aromatic rings. The van der Waals surface area contributed by atoms with E-state index in [1.54, 1.807) is 10.4 Å². The van der Waals surface area contributed by atoms with E-state index in [1.807, 2.05) is 11.3 Å². The van der Waals surface area contributed by atoms with Gasteiger partial charge in [-0.1, -0.05) is 19.3 Å². The molecule has 1 fully saturated rings. The average Bonchev–Trinajstić information content (AvgIpc) is 2.67. The maximum atomic E-state index is 3.88. The van der Waals surface area contributed by atoms with Crippen molar-refractivity contribution in [1.82, 2.24) is 5.32 Å². The monoisotopic (exact) mass is 221 g/mol. The molecule has 0 aromatic carbocycles. The third-order valence-corrected chi connectivity index (χ3v) is 5.10. The molecule has 2 aliphatic rings. The van der Waals surface area contributed by atoms with Crippen LogP contribution in [0.2, 0.25) is 0 Å². The molecule has 0 amide bonds. The number of rotatable bonds is 0. The van der Waals surface area contributed by atoms with Crippen LogP contribution in [-0.2, 0) is 12.0 Å². The number of hydrogen-bond acceptors (Lipinski definition) is 2. The lowest BCUT2D eigenvalue weighted by molar-refractivity contribution is 0.202. The molecule has 2 heteroatoms. The highest BCUT2D eigenvalue weighted by molar-refractivity contribution is 7.10. The van der Waals surface area contributed by atoms with Crippen LogP contribution in [0, 0.1) is 0 Å². The molecule has 1 N–H and O–H groups in total. The van der Waals surface area contributed by atoms with Crippen molar-refractivity contribution in [2.24, 2.45) is 0 Å². The Hall–Kier alpha value is -0.340. The van der Waals surface area contributed by atoms with Gasteiger partial charge in [0.25, 0.3) is 0 Å². The summed E-state index contributed by atoms with van der Waals surface area (Å²) < 4.78 is 0. The Bertz CT molecular complexity index is 349. The van der Waals surface area contributed by atoms with Gasteiger partial charge in [0.1, 0.15) is 0 Å². The molecule has 1 nitrogen and oxygen atoms in total. The molecule has 15 heavy (non-hydrogen) atoms. The van der Waals surface area contributed by atoms with Gasteiger partial charge in [-0.15, -0.1) is 11.3 Å². The SMILES string of the molecule is C[C@@H]1Cc2ccsc2C2(CCCCC2)N1. The highest BCUT2D eigenvalue weighted by atomic mass is 32.1. The van der Waals surface area contributed by atoms with E-state index in [0.29, 0.717) is 11.6 Å². The van der Waals surface area contributed by atoms with E-state index in [9.17, 15) is 0 Å². The van der Waals surface area contributed by atoms with Gasteiger partial charge >= 0.3 is 0 Å². The van der Waals surface area contributed by atoms with E-state index in [4.69, 9.17) is 0 Å². The summed E-state index contributed by atoms with van der Waals surface area (Å²) in [6.45, 7) is 2.33. The molecule has 2 heterocycles. The highest BCUT2D eigenvalue weighted by Gasteiger charge is 2.40. The molecule has 1 aromatic heterocycles. The summed E-state index contributed by atoms with van der Waals surface area (Å²) >= 11 is 1.97. The van der Waals surface area contributed by atoms with Crippen LogP contribution in [0.25, 0.3) is 0 Å². The highest BCUT2D eigenvalue weighted by Crippen LogP contribution is 2.44. The predicted octanol–water partition coefficient (Wildman–Crippen LogP) is 3.44. The molecular weight excluding hydrogens is 202 g/mol. The smallest absolute Gasteiger partial charge is 0.0533 e. The van der Waals surface area contributed by atoms with E-state index in [1.165, 1.54) is 38.5 Å². The van der Waals surface area contributed by atoms with Crippen LogP contribution in [-0.4, -0.2) is 6.04 Å². The Morgan fingerprint density at radius 3 is 2.93 bits per heavy atom. The van der Waals surface area contributed by atoms with Gasteiger partial charge in [-0.25, -0.2) is 0 Å². The second kappa shape index (κ2) is 3.60. The second-order valence-electron chi connectivity index (χ2n) is 5.17. The van der Waals surface area contributed by atoms with Crippen molar-refractivity contribution in [3.63, 3.8) is 0 Å². The fourth-order valence-corrected chi connectivity index (χ4v) is 4.52. The van der Waals surface area contributed by atoms with Crippen molar-refractivity contribution >= 4 is 11.3 Å². The summed E-state index contributed by atoms with van der Waals surface area (Å²) in [6.07, 6.45) is 8.16. The van der Waals surface area contributed by atoms with Gasteiger partial charge in [-0.2, -0.15) is 0 Å². The molecule has 0 saturated heterocycles. The third kappa shape index (κ3) is 1.55. The van der Waals surface area contributed by atoms with Crippen molar-refractivity contribution in [3.05, 3.63) is 21.9 Å². The minimum atomic E-state index is 0.361. The molecule has 1 aliphatic carbocycles. The Morgan fingerprint density at radius 2 is 2.13 bits per heavy atom. The van der Waals surface area contributed by atoms with Crippen LogP contribution in [0.4, 0.5) is 0 Å². The van der Waals surface area contributed by atoms with Gasteiger partial charge in [0, 0.05) is 10.9 Å². The Balaban J connectivity index is 2.02. The zero-order chi connectivity index (χ0) is 10.3. The minimum absolute atomic E-state index is 0.361. The van der Waals surface area contributed by atoms with Crippen molar-refractivity contribution in [2.75, 3.05) is 0 Å². The lowest BCUT2D eigenvalue weighted by atomic mass is 9.76. The summed E-state index contributed by atoms with van der Waals surface area (Å²) in [5.41, 5.74) is 1.98. The Labute approximate surface area is 95.9 Å². The lowest BCUT2D eigenvalue weighted by Crippen LogP contribution is -2.51. The summed E-state index contributed by atoms with van der Waals surface area (Å²) in [5.74, 6) is 0. The van der Waals surface area contributed by atoms with E-state index in [2.05, 4.69) is 23.7 Å². The maximum Gasteiger partial charge on any atom is 0.0533 e. The van der Waals surface area contributed by atoms with Crippen LogP contribution in [0.1, 0.15) is 49.5 Å². The topological polar surface area (TPSA) is 12.0 Å². The van der Waals surface area contributed by atoms with Gasteiger partial charge in [-0.05, 0) is 43.2 Å². The quantitative estimate of drug-likeness (QED) is 0.707. The van der Waals surface area contributed by atoms with E-state index in [0.717, 1.165) is 0 Å². The molecule has 0 unspecified atom stereocenters. The van der Waals surface area contributed by atoms with Crippen molar-refractivity contribution in [1.29, 1.82) is 0 Å². The molecule has 82 valence electrons. The van der Waals surface area contributed by atoms with Gasteiger partial charge in [0.15, 0.2) is 0 Å². The van der Waals surface area contributed by atoms with Gasteiger partial charge in [0.2, 0.25) is 0 Å². The standard InChI is InChI=1S/C13H19NS/c1-10-9-11-5-8-15-12(11)13(14-10)6-3-2-4-7-13/h5,8,10,14H,2-4,6-7,9H2,1H3/t10-/m1/s1. The van der Waals surface area contributed by atoms with Crippen molar-refractivity contribution in [2.45, 2.75) is 57.0 Å². The van der Waals surface area contributed by atoms with Gasteiger partial charge in [0.05, 0.1) is 5.54 Å². The van der Waals surface area contributed by atoms with E-state index < -0.39 is 0 Å². The first-order chi connectivity index (χ1) is 7.30. The molecule has 0 bridgehead atoms. The number of nitrogens with one attached hydrogen (secondary N) is 1. The van der Waals surface area contributed by atoms with Crippen molar-refractivity contribution in [3.8, 4) is 0 Å². The Morgan fingerprint density at radius 1 is 1.33 bits per heavy atom. The molecule has 0 radical (unpaired) electrons. The van der Waals surface area contributed by atoms with E-state index in [-0.39, 0.29) is 0 Å². The summed E-state index contributed by atoms with van der Waals surface area (Å²) in [4.78, 5) is 1.65. The summed E-state index contributed by atoms with van der Waals surface area (Å²) in [5, 5.41) is 6.16. The first kappa shape index (κ1) is 9.86. The molecule has 1 spiro atoms. The van der Waals surface area contributed by atoms with Crippen LogP contribution >= 0.6 is 11.3 Å². The molecular formula is C13H19NS. The van der Waals surface area contributed by atoms with Crippen molar-refractivity contribution < 1.29 is 0 Å². The normalized spacial score (nSPS) is 29.0. The van der Waals surface area contributed by atoms with Gasteiger partial charge in [-0.3, -0.25) is 0 Å². The number of thiophene rings is 1. The molecule has 1 aliphatic heterocycles. The number of fused-ring (bicyclic) bond motifs is 2.